The summed E-state index contributed by atoms with van der Waals surface area (Å²) in [7, 11) is 0. The van der Waals surface area contributed by atoms with Crippen molar-refractivity contribution in [3.8, 4) is 0 Å². The molecule has 0 aliphatic carbocycles. The Bertz CT molecular complexity index is 764. The maximum absolute atomic E-state index is 12.6. The number of hydrogen-bond acceptors (Lipinski definition) is 6. The van der Waals surface area contributed by atoms with Gasteiger partial charge in [0.1, 0.15) is 5.82 Å². The number of nitrogen functional groups attached to an aromatic ring is 1. The number of carbonyl (C=O) groups is 2. The molecule has 0 bridgehead atoms. The number of hydrogen-bond donors (Lipinski definition) is 3. The number of rotatable bonds is 5. The molecular formula is C14H12F3N5O2. The molecule has 0 aliphatic rings. The minimum Gasteiger partial charge on any atom is -0.368 e. The minimum absolute atomic E-state index is 0.00515. The van der Waals surface area contributed by atoms with E-state index < -0.39 is 17.6 Å². The van der Waals surface area contributed by atoms with Gasteiger partial charge in [-0.25, -0.2) is 4.98 Å². The third-order valence-corrected chi connectivity index (χ3v) is 2.85. The summed E-state index contributed by atoms with van der Waals surface area (Å²) in [4.78, 5) is 30.0. The molecule has 0 saturated carbocycles. The molecular weight excluding hydrogens is 327 g/mol. The lowest BCUT2D eigenvalue weighted by Crippen LogP contribution is -2.23. The van der Waals surface area contributed by atoms with Gasteiger partial charge in [-0.15, -0.1) is 0 Å². The normalized spacial score (nSPS) is 11.0. The van der Waals surface area contributed by atoms with E-state index in [4.69, 9.17) is 5.73 Å². The molecule has 1 aromatic carbocycles. The summed E-state index contributed by atoms with van der Waals surface area (Å²) in [5, 5.41) is 4.89. The molecule has 0 spiro atoms. The van der Waals surface area contributed by atoms with Crippen molar-refractivity contribution >= 4 is 29.6 Å². The molecule has 2 aromatic rings. The van der Waals surface area contributed by atoms with Crippen LogP contribution in [0.5, 0.6) is 0 Å². The van der Waals surface area contributed by atoms with Gasteiger partial charge >= 0.3 is 6.18 Å². The second-order valence-electron chi connectivity index (χ2n) is 4.63. The maximum Gasteiger partial charge on any atom is 0.416 e. The zero-order valence-electron chi connectivity index (χ0n) is 12.1. The van der Waals surface area contributed by atoms with E-state index in [-0.39, 0.29) is 29.6 Å². The van der Waals surface area contributed by atoms with E-state index in [9.17, 15) is 22.8 Å². The summed E-state index contributed by atoms with van der Waals surface area (Å²) in [6.45, 7) is -0.326. The first kappa shape index (κ1) is 17.2. The van der Waals surface area contributed by atoms with Gasteiger partial charge in [0.25, 0.3) is 0 Å². The van der Waals surface area contributed by atoms with Crippen molar-refractivity contribution in [2.24, 2.45) is 0 Å². The van der Waals surface area contributed by atoms with E-state index in [1.54, 1.807) is 0 Å². The molecule has 1 aromatic heterocycles. The molecule has 0 unspecified atom stereocenters. The van der Waals surface area contributed by atoms with Crippen molar-refractivity contribution in [1.29, 1.82) is 0 Å². The van der Waals surface area contributed by atoms with E-state index in [1.807, 2.05) is 0 Å². The van der Waals surface area contributed by atoms with Crippen LogP contribution in [-0.2, 0) is 11.0 Å². The van der Waals surface area contributed by atoms with Crippen LogP contribution in [0.2, 0.25) is 0 Å². The predicted octanol–water partition coefficient (Wildman–Crippen LogP) is 1.94. The fourth-order valence-electron chi connectivity index (χ4n) is 1.78. The van der Waals surface area contributed by atoms with Gasteiger partial charge in [0.2, 0.25) is 11.9 Å². The Morgan fingerprint density at radius 3 is 2.75 bits per heavy atom. The number of anilines is 3. The van der Waals surface area contributed by atoms with E-state index >= 15 is 0 Å². The number of nitrogens with zero attached hydrogens (tertiary/aromatic N) is 2. The first-order valence-corrected chi connectivity index (χ1v) is 6.58. The quantitative estimate of drug-likeness (QED) is 0.718. The Hall–Kier alpha value is -3.17. The Morgan fingerprint density at radius 2 is 2.08 bits per heavy atom. The Kier molecular flexibility index (Phi) is 4.97. The molecule has 1 heterocycles. The van der Waals surface area contributed by atoms with Gasteiger partial charge < -0.3 is 16.4 Å². The molecule has 126 valence electrons. The van der Waals surface area contributed by atoms with Crippen molar-refractivity contribution in [2.45, 2.75) is 6.18 Å². The second-order valence-corrected chi connectivity index (χ2v) is 4.63. The average molecular weight is 339 g/mol. The van der Waals surface area contributed by atoms with Gasteiger partial charge in [0.15, 0.2) is 6.29 Å². The topological polar surface area (TPSA) is 110 Å². The molecule has 0 atom stereocenters. The van der Waals surface area contributed by atoms with Gasteiger partial charge in [-0.05, 0) is 18.2 Å². The zero-order chi connectivity index (χ0) is 17.7. The smallest absolute Gasteiger partial charge is 0.368 e. The number of nitrogens with one attached hydrogen (secondary N) is 2. The first-order chi connectivity index (χ1) is 11.3. The largest absolute Gasteiger partial charge is 0.416 e. The minimum atomic E-state index is -4.50. The predicted molar refractivity (Wildman–Crippen MR) is 80.4 cm³/mol. The van der Waals surface area contributed by atoms with E-state index in [1.165, 1.54) is 18.3 Å². The summed E-state index contributed by atoms with van der Waals surface area (Å²) in [6, 6.07) is 4.22. The van der Waals surface area contributed by atoms with Crippen LogP contribution in [0, 0.1) is 0 Å². The first-order valence-electron chi connectivity index (χ1n) is 6.58. The Morgan fingerprint density at radius 1 is 1.33 bits per heavy atom. The van der Waals surface area contributed by atoms with Crippen LogP contribution in [0.1, 0.15) is 15.9 Å². The SMILES string of the molecule is Nc1ncc(C=O)c(NCC(=O)Nc2cccc(C(F)(F)F)c2)n1. The fraction of sp³-hybridized carbons (Fsp3) is 0.143. The molecule has 10 heteroatoms. The third-order valence-electron chi connectivity index (χ3n) is 2.85. The van der Waals surface area contributed by atoms with E-state index in [0.717, 1.165) is 12.1 Å². The van der Waals surface area contributed by atoms with Gasteiger partial charge in [-0.3, -0.25) is 9.59 Å². The molecule has 0 saturated heterocycles. The third kappa shape index (κ3) is 4.41. The number of nitrogens with two attached hydrogens (primary N) is 1. The van der Waals surface area contributed by atoms with Crippen LogP contribution in [0.4, 0.5) is 30.6 Å². The zero-order valence-corrected chi connectivity index (χ0v) is 12.1. The van der Waals surface area contributed by atoms with Crippen molar-refractivity contribution in [3.63, 3.8) is 0 Å². The number of benzene rings is 1. The average Bonchev–Trinajstić information content (AvgIpc) is 2.52. The molecule has 0 aliphatic heterocycles. The molecule has 4 N–H and O–H groups in total. The highest BCUT2D eigenvalue weighted by atomic mass is 19.4. The Labute approximate surface area is 134 Å². The molecule has 2 rings (SSSR count). The number of alkyl halides is 3. The lowest BCUT2D eigenvalue weighted by molar-refractivity contribution is -0.137. The number of aldehydes is 1. The summed E-state index contributed by atoms with van der Waals surface area (Å²) < 4.78 is 37.8. The standard InChI is InChI=1S/C14H12F3N5O2/c15-14(16,17)9-2-1-3-10(4-9)21-11(24)6-19-12-8(7-23)5-20-13(18)22-12/h1-5,7H,6H2,(H,21,24)(H3,18,19,20,22). The monoisotopic (exact) mass is 339 g/mol. The van der Waals surface area contributed by atoms with Gasteiger partial charge in [0, 0.05) is 11.9 Å². The number of aromatic nitrogens is 2. The highest BCUT2D eigenvalue weighted by molar-refractivity contribution is 5.94. The molecule has 1 amide bonds. The Balaban J connectivity index is 2.02. The highest BCUT2D eigenvalue weighted by Gasteiger charge is 2.30. The summed E-state index contributed by atoms with van der Waals surface area (Å²) in [5.41, 5.74) is 4.60. The summed E-state index contributed by atoms with van der Waals surface area (Å²) in [6.07, 6.45) is -2.84. The summed E-state index contributed by atoms with van der Waals surface area (Å²) in [5.74, 6) is -0.665. The second kappa shape index (κ2) is 6.94. The molecule has 24 heavy (non-hydrogen) atoms. The molecule has 0 fully saturated rings. The van der Waals surface area contributed by atoms with Crippen LogP contribution in [-0.4, -0.2) is 28.7 Å². The van der Waals surface area contributed by atoms with Crippen molar-refractivity contribution in [2.75, 3.05) is 22.9 Å². The van der Waals surface area contributed by atoms with Crippen LogP contribution in [0.25, 0.3) is 0 Å². The van der Waals surface area contributed by atoms with Crippen LogP contribution in [0.3, 0.4) is 0 Å². The van der Waals surface area contributed by atoms with Crippen molar-refractivity contribution in [3.05, 3.63) is 41.6 Å². The van der Waals surface area contributed by atoms with Gasteiger partial charge in [0.05, 0.1) is 17.7 Å². The highest BCUT2D eigenvalue weighted by Crippen LogP contribution is 2.30. The van der Waals surface area contributed by atoms with Crippen molar-refractivity contribution in [1.82, 2.24) is 9.97 Å². The van der Waals surface area contributed by atoms with Crippen LogP contribution in [0.15, 0.2) is 30.5 Å². The molecule has 7 nitrogen and oxygen atoms in total. The molecule has 0 radical (unpaired) electrons. The van der Waals surface area contributed by atoms with Crippen LogP contribution < -0.4 is 16.4 Å². The lowest BCUT2D eigenvalue weighted by Gasteiger charge is -2.11. The van der Waals surface area contributed by atoms with Crippen LogP contribution >= 0.6 is 0 Å². The number of carbonyl (C=O) groups excluding carboxylic acids is 2. The van der Waals surface area contributed by atoms with E-state index in [0.29, 0.717) is 6.29 Å². The van der Waals surface area contributed by atoms with Crippen molar-refractivity contribution < 1.29 is 22.8 Å². The maximum atomic E-state index is 12.6. The number of halogens is 3. The summed E-state index contributed by atoms with van der Waals surface area (Å²) >= 11 is 0. The lowest BCUT2D eigenvalue weighted by atomic mass is 10.2. The fourth-order valence-corrected chi connectivity index (χ4v) is 1.78. The number of amides is 1. The van der Waals surface area contributed by atoms with E-state index in [2.05, 4.69) is 20.6 Å². The van der Waals surface area contributed by atoms with Gasteiger partial charge in [-0.2, -0.15) is 18.2 Å². The van der Waals surface area contributed by atoms with Gasteiger partial charge in [-0.1, -0.05) is 6.07 Å².